The van der Waals surface area contributed by atoms with Crippen LogP contribution in [0.4, 0.5) is 0 Å². The summed E-state index contributed by atoms with van der Waals surface area (Å²) in [5.41, 5.74) is 0.0492. The molecule has 1 spiro atoms. The summed E-state index contributed by atoms with van der Waals surface area (Å²) in [5.74, 6) is 0.738. The topological polar surface area (TPSA) is 21.3 Å². The highest BCUT2D eigenvalue weighted by molar-refractivity contribution is 4.97. The monoisotopic (exact) mass is 223 g/mol. The molecule has 0 aromatic carbocycles. The lowest BCUT2D eigenvalue weighted by Gasteiger charge is -2.31. The summed E-state index contributed by atoms with van der Waals surface area (Å²) in [4.78, 5) is 0. The first kappa shape index (κ1) is 12.1. The van der Waals surface area contributed by atoms with Gasteiger partial charge in [0.05, 0.1) is 6.61 Å². The third-order valence-electron chi connectivity index (χ3n) is 4.05. The lowest BCUT2D eigenvalue weighted by molar-refractivity contribution is -0.0436. The summed E-state index contributed by atoms with van der Waals surface area (Å²) in [6.07, 6.45) is 11.0. The molecule has 0 radical (unpaired) electrons. The van der Waals surface area contributed by atoms with Crippen LogP contribution >= 0.6 is 0 Å². The Labute approximate surface area is 99.4 Å². The predicted octanol–water partition coefficient (Wildman–Crippen LogP) is 3.24. The van der Waals surface area contributed by atoms with E-state index in [1.807, 2.05) is 6.08 Å². The van der Waals surface area contributed by atoms with E-state index in [2.05, 4.69) is 18.8 Å². The Hall–Kier alpha value is -0.340. The fraction of sp³-hybridized carbons (Fsp3) is 0.857. The maximum Gasteiger partial charge on any atom is 0.122 e. The van der Waals surface area contributed by atoms with Gasteiger partial charge in [-0.3, -0.25) is 5.32 Å². The second kappa shape index (κ2) is 5.33. The van der Waals surface area contributed by atoms with Crippen LogP contribution in [0.5, 0.6) is 0 Å². The summed E-state index contributed by atoms with van der Waals surface area (Å²) in [7, 11) is 0. The van der Waals surface area contributed by atoms with E-state index in [1.54, 1.807) is 0 Å². The SMILES string of the molecule is C=CCCCCC1CCCC12NC(C)CO2. The zero-order valence-corrected chi connectivity index (χ0v) is 10.5. The molecule has 0 aromatic rings. The first-order chi connectivity index (χ1) is 7.77. The van der Waals surface area contributed by atoms with Gasteiger partial charge in [0.1, 0.15) is 5.72 Å². The van der Waals surface area contributed by atoms with Crippen LogP contribution in [0.15, 0.2) is 12.7 Å². The van der Waals surface area contributed by atoms with Gasteiger partial charge in [-0.05, 0) is 45.4 Å². The molecule has 2 nitrogen and oxygen atoms in total. The second-order valence-electron chi connectivity index (χ2n) is 5.41. The maximum atomic E-state index is 6.05. The summed E-state index contributed by atoms with van der Waals surface area (Å²) < 4.78 is 6.05. The van der Waals surface area contributed by atoms with Crippen LogP contribution in [-0.2, 0) is 4.74 Å². The molecule has 2 heteroatoms. The summed E-state index contributed by atoms with van der Waals surface area (Å²) in [6, 6.07) is 0.536. The molecule has 0 aromatic heterocycles. The zero-order chi connectivity index (χ0) is 11.4. The van der Waals surface area contributed by atoms with Crippen molar-refractivity contribution in [3.8, 4) is 0 Å². The normalized spacial score (nSPS) is 38.3. The Morgan fingerprint density at radius 3 is 3.06 bits per heavy atom. The Morgan fingerprint density at radius 2 is 2.38 bits per heavy atom. The van der Waals surface area contributed by atoms with Gasteiger partial charge in [0.15, 0.2) is 0 Å². The fourth-order valence-corrected chi connectivity index (χ4v) is 3.26. The van der Waals surface area contributed by atoms with Gasteiger partial charge in [-0.15, -0.1) is 6.58 Å². The summed E-state index contributed by atoms with van der Waals surface area (Å²) in [5, 5.41) is 3.68. The molecular weight excluding hydrogens is 198 g/mol. The highest BCUT2D eigenvalue weighted by Crippen LogP contribution is 2.42. The van der Waals surface area contributed by atoms with Crippen molar-refractivity contribution in [3.63, 3.8) is 0 Å². The molecule has 16 heavy (non-hydrogen) atoms. The molecule has 1 N–H and O–H groups in total. The van der Waals surface area contributed by atoms with Crippen LogP contribution in [0.3, 0.4) is 0 Å². The lowest BCUT2D eigenvalue weighted by Crippen LogP contribution is -2.46. The second-order valence-corrected chi connectivity index (χ2v) is 5.41. The number of rotatable bonds is 5. The zero-order valence-electron chi connectivity index (χ0n) is 10.5. The maximum absolute atomic E-state index is 6.05. The van der Waals surface area contributed by atoms with Crippen LogP contribution in [0.25, 0.3) is 0 Å². The molecule has 2 aliphatic rings. The molecule has 92 valence electrons. The number of hydrogen-bond donors (Lipinski definition) is 1. The van der Waals surface area contributed by atoms with Crippen molar-refractivity contribution < 1.29 is 4.74 Å². The minimum Gasteiger partial charge on any atom is -0.359 e. The average molecular weight is 223 g/mol. The van der Waals surface area contributed by atoms with Crippen molar-refractivity contribution in [2.24, 2.45) is 5.92 Å². The molecule has 0 amide bonds. The highest BCUT2D eigenvalue weighted by Gasteiger charge is 2.47. The Morgan fingerprint density at radius 1 is 1.50 bits per heavy atom. The van der Waals surface area contributed by atoms with Crippen LogP contribution in [0, 0.1) is 5.92 Å². The molecular formula is C14H25NO. The third-order valence-corrected chi connectivity index (χ3v) is 4.05. The average Bonchev–Trinajstić information content (AvgIpc) is 2.83. The van der Waals surface area contributed by atoms with E-state index >= 15 is 0 Å². The molecule has 3 unspecified atom stereocenters. The van der Waals surface area contributed by atoms with Crippen molar-refractivity contribution >= 4 is 0 Å². The number of nitrogens with one attached hydrogen (secondary N) is 1. The highest BCUT2D eigenvalue weighted by atomic mass is 16.5. The van der Waals surface area contributed by atoms with E-state index in [4.69, 9.17) is 4.74 Å². The standard InChI is InChI=1S/C14H25NO/c1-3-4-5-6-8-13-9-7-10-14(13)15-12(2)11-16-14/h3,12-13,15H,1,4-11H2,2H3. The molecule has 0 bridgehead atoms. The van der Waals surface area contributed by atoms with Crippen LogP contribution in [0.1, 0.15) is 51.9 Å². The fourth-order valence-electron chi connectivity index (χ4n) is 3.26. The molecule has 1 heterocycles. The van der Waals surface area contributed by atoms with Gasteiger partial charge in [0.2, 0.25) is 0 Å². The van der Waals surface area contributed by atoms with Gasteiger partial charge in [0.25, 0.3) is 0 Å². The van der Waals surface area contributed by atoms with Gasteiger partial charge < -0.3 is 4.74 Å². The Kier molecular flexibility index (Phi) is 4.04. The van der Waals surface area contributed by atoms with E-state index in [-0.39, 0.29) is 5.72 Å². The van der Waals surface area contributed by atoms with Crippen molar-refractivity contribution in [3.05, 3.63) is 12.7 Å². The number of allylic oxidation sites excluding steroid dienone is 1. The van der Waals surface area contributed by atoms with Crippen molar-refractivity contribution in [2.45, 2.75) is 63.6 Å². The van der Waals surface area contributed by atoms with Gasteiger partial charge in [0, 0.05) is 12.0 Å². The molecule has 1 saturated carbocycles. The first-order valence-corrected chi connectivity index (χ1v) is 6.79. The largest absolute Gasteiger partial charge is 0.359 e. The van der Waals surface area contributed by atoms with Gasteiger partial charge >= 0.3 is 0 Å². The van der Waals surface area contributed by atoms with E-state index in [1.165, 1.54) is 38.5 Å². The van der Waals surface area contributed by atoms with E-state index < -0.39 is 0 Å². The lowest BCUT2D eigenvalue weighted by atomic mass is 9.93. The van der Waals surface area contributed by atoms with Gasteiger partial charge in [-0.25, -0.2) is 0 Å². The number of unbranched alkanes of at least 4 members (excludes halogenated alkanes) is 2. The summed E-state index contributed by atoms with van der Waals surface area (Å²) >= 11 is 0. The number of ether oxygens (including phenoxy) is 1. The third kappa shape index (κ3) is 2.49. The van der Waals surface area contributed by atoms with Crippen molar-refractivity contribution in [1.29, 1.82) is 0 Å². The van der Waals surface area contributed by atoms with Gasteiger partial charge in [-0.1, -0.05) is 12.5 Å². The van der Waals surface area contributed by atoms with E-state index in [9.17, 15) is 0 Å². The molecule has 2 rings (SSSR count). The molecule has 1 aliphatic heterocycles. The first-order valence-electron chi connectivity index (χ1n) is 6.79. The Balaban J connectivity index is 1.81. The molecule has 1 aliphatic carbocycles. The van der Waals surface area contributed by atoms with Crippen LogP contribution < -0.4 is 5.32 Å². The minimum atomic E-state index is 0.0492. The minimum absolute atomic E-state index is 0.0492. The van der Waals surface area contributed by atoms with Crippen molar-refractivity contribution in [1.82, 2.24) is 5.32 Å². The van der Waals surface area contributed by atoms with Crippen LogP contribution in [0.2, 0.25) is 0 Å². The Bertz CT molecular complexity index is 241. The van der Waals surface area contributed by atoms with E-state index in [0.29, 0.717) is 6.04 Å². The smallest absolute Gasteiger partial charge is 0.122 e. The van der Waals surface area contributed by atoms with Gasteiger partial charge in [-0.2, -0.15) is 0 Å². The molecule has 2 fully saturated rings. The van der Waals surface area contributed by atoms with Crippen LogP contribution in [-0.4, -0.2) is 18.4 Å². The van der Waals surface area contributed by atoms with E-state index in [0.717, 1.165) is 18.9 Å². The summed E-state index contributed by atoms with van der Waals surface area (Å²) in [6.45, 7) is 6.89. The van der Waals surface area contributed by atoms with Crippen molar-refractivity contribution in [2.75, 3.05) is 6.61 Å². The quantitative estimate of drug-likeness (QED) is 0.570. The predicted molar refractivity (Wildman–Crippen MR) is 67.3 cm³/mol. The molecule has 1 saturated heterocycles. The molecule has 3 atom stereocenters. The number of hydrogen-bond acceptors (Lipinski definition) is 2.